The van der Waals surface area contributed by atoms with Gasteiger partial charge in [0.1, 0.15) is 5.75 Å². The summed E-state index contributed by atoms with van der Waals surface area (Å²) >= 11 is 7.71. The molecule has 0 aliphatic carbocycles. The monoisotopic (exact) mass is 482 g/mol. The van der Waals surface area contributed by atoms with Crippen LogP contribution in [-0.2, 0) is 11.3 Å². The highest BCUT2D eigenvalue weighted by molar-refractivity contribution is 7.22. The van der Waals surface area contributed by atoms with E-state index in [9.17, 15) is 4.79 Å². The number of aromatic nitrogens is 3. The van der Waals surface area contributed by atoms with Crippen molar-refractivity contribution in [3.63, 3.8) is 0 Å². The van der Waals surface area contributed by atoms with Crippen LogP contribution in [0.4, 0.5) is 5.13 Å². The Morgan fingerprint density at radius 2 is 2.03 bits per heavy atom. The summed E-state index contributed by atoms with van der Waals surface area (Å²) in [7, 11) is 0. The van der Waals surface area contributed by atoms with Gasteiger partial charge in [-0.2, -0.15) is 0 Å². The molecule has 2 aromatic carbocycles. The third-order valence-corrected chi connectivity index (χ3v) is 6.68. The van der Waals surface area contributed by atoms with Crippen molar-refractivity contribution in [3.05, 3.63) is 71.3 Å². The lowest BCUT2D eigenvalue weighted by atomic mass is 10.0. The summed E-state index contributed by atoms with van der Waals surface area (Å²) in [5.74, 6) is 0.997. The minimum absolute atomic E-state index is 0.0538. The zero-order chi connectivity index (χ0) is 23.4. The maximum absolute atomic E-state index is 13.2. The number of aryl methyl sites for hydroxylation is 2. The zero-order valence-corrected chi connectivity index (χ0v) is 20.6. The van der Waals surface area contributed by atoms with Crippen LogP contribution in [0.1, 0.15) is 37.3 Å². The maximum atomic E-state index is 13.2. The van der Waals surface area contributed by atoms with Crippen molar-refractivity contribution in [3.8, 4) is 5.75 Å². The molecule has 2 aromatic heterocycles. The van der Waals surface area contributed by atoms with Crippen LogP contribution >= 0.6 is 22.9 Å². The van der Waals surface area contributed by atoms with Crippen molar-refractivity contribution in [1.82, 2.24) is 14.5 Å². The van der Waals surface area contributed by atoms with Gasteiger partial charge in [0.25, 0.3) is 5.91 Å². The van der Waals surface area contributed by atoms with Gasteiger partial charge in [-0.05, 0) is 54.7 Å². The van der Waals surface area contributed by atoms with Crippen LogP contribution in [-0.4, -0.2) is 33.6 Å². The lowest BCUT2D eigenvalue weighted by molar-refractivity contribution is -0.120. The number of anilines is 1. The average Bonchev–Trinajstić information content (AvgIpc) is 3.45. The van der Waals surface area contributed by atoms with Gasteiger partial charge in [0.2, 0.25) is 0 Å². The second-order valence-electron chi connectivity index (χ2n) is 8.28. The molecular weight excluding hydrogens is 456 g/mol. The largest absolute Gasteiger partial charge is 0.484 e. The molecule has 0 saturated heterocycles. The molecule has 2 heterocycles. The molecule has 172 valence electrons. The van der Waals surface area contributed by atoms with Gasteiger partial charge in [0, 0.05) is 30.5 Å². The van der Waals surface area contributed by atoms with Crippen molar-refractivity contribution < 1.29 is 9.53 Å². The lowest BCUT2D eigenvalue weighted by Crippen LogP contribution is -2.36. The van der Waals surface area contributed by atoms with Crippen LogP contribution in [0.2, 0.25) is 5.02 Å². The number of carbonyl (C=O) groups is 1. The maximum Gasteiger partial charge on any atom is 0.266 e. The summed E-state index contributed by atoms with van der Waals surface area (Å²) in [6.45, 7) is 7.51. The number of fused-ring (bicyclic) bond motifs is 1. The molecule has 4 aromatic rings. The van der Waals surface area contributed by atoms with Gasteiger partial charge in [-0.3, -0.25) is 9.69 Å². The highest BCUT2D eigenvalue weighted by Gasteiger charge is 2.21. The minimum Gasteiger partial charge on any atom is -0.484 e. The van der Waals surface area contributed by atoms with Crippen molar-refractivity contribution in [2.24, 2.45) is 0 Å². The normalized spacial score (nSPS) is 11.3. The highest BCUT2D eigenvalue weighted by atomic mass is 35.5. The van der Waals surface area contributed by atoms with E-state index in [1.165, 1.54) is 16.9 Å². The number of benzene rings is 2. The Labute approximate surface area is 202 Å². The van der Waals surface area contributed by atoms with Gasteiger partial charge in [0.05, 0.1) is 16.5 Å². The summed E-state index contributed by atoms with van der Waals surface area (Å²) in [6.07, 6.45) is 6.21. The summed E-state index contributed by atoms with van der Waals surface area (Å²) < 4.78 is 8.79. The summed E-state index contributed by atoms with van der Waals surface area (Å²) in [4.78, 5) is 23.8. The van der Waals surface area contributed by atoms with Crippen molar-refractivity contribution >= 4 is 44.2 Å². The predicted octanol–water partition coefficient (Wildman–Crippen LogP) is 6.08. The fourth-order valence-electron chi connectivity index (χ4n) is 3.59. The Morgan fingerprint density at radius 1 is 1.24 bits per heavy atom. The molecule has 0 bridgehead atoms. The van der Waals surface area contributed by atoms with Crippen molar-refractivity contribution in [2.45, 2.75) is 39.7 Å². The fourth-order valence-corrected chi connectivity index (χ4v) is 5.05. The number of imidazole rings is 1. The molecule has 6 nitrogen and oxygen atoms in total. The van der Waals surface area contributed by atoms with Crippen LogP contribution in [0.3, 0.4) is 0 Å². The first-order chi connectivity index (χ1) is 15.9. The molecule has 33 heavy (non-hydrogen) atoms. The Morgan fingerprint density at radius 3 is 2.73 bits per heavy atom. The zero-order valence-electron chi connectivity index (χ0n) is 19.0. The number of carbonyl (C=O) groups excluding carboxylic acids is 1. The molecule has 0 aliphatic rings. The molecule has 8 heteroatoms. The van der Waals surface area contributed by atoms with Gasteiger partial charge < -0.3 is 9.30 Å². The standard InChI is InChI=1S/C25H27ClN4O2S/c1-17(2)19-5-7-21(8-6-19)32-15-23(31)30(11-4-10-29-12-9-27-16-29)25-28-24-18(3)13-20(26)14-22(24)33-25/h5-9,12-14,16-17H,4,10-11,15H2,1-3H3. The molecule has 4 rings (SSSR count). The number of hydrogen-bond acceptors (Lipinski definition) is 5. The van der Waals surface area contributed by atoms with Crippen LogP contribution in [0.15, 0.2) is 55.1 Å². The van der Waals surface area contributed by atoms with E-state index in [4.69, 9.17) is 21.3 Å². The van der Waals surface area contributed by atoms with E-state index in [-0.39, 0.29) is 12.5 Å². The van der Waals surface area contributed by atoms with Gasteiger partial charge in [-0.25, -0.2) is 9.97 Å². The molecule has 0 spiro atoms. The van der Waals surface area contributed by atoms with E-state index in [0.29, 0.717) is 28.4 Å². The molecule has 0 aliphatic heterocycles. The van der Waals surface area contributed by atoms with Gasteiger partial charge in [0.15, 0.2) is 11.7 Å². The predicted molar refractivity (Wildman–Crippen MR) is 135 cm³/mol. The number of rotatable bonds is 9. The third-order valence-electron chi connectivity index (χ3n) is 5.44. The molecule has 0 atom stereocenters. The third kappa shape index (κ3) is 5.72. The van der Waals surface area contributed by atoms with Crippen molar-refractivity contribution in [2.75, 3.05) is 18.1 Å². The Kier molecular flexibility index (Phi) is 7.30. The van der Waals surface area contributed by atoms with Crippen molar-refractivity contribution in [1.29, 1.82) is 0 Å². The number of halogens is 1. The van der Waals surface area contributed by atoms with Crippen LogP contribution < -0.4 is 9.64 Å². The molecular formula is C25H27ClN4O2S. The lowest BCUT2D eigenvalue weighted by Gasteiger charge is -2.20. The number of nitrogens with zero attached hydrogens (tertiary/aromatic N) is 4. The Hall–Kier alpha value is -2.90. The van der Waals surface area contributed by atoms with E-state index in [1.54, 1.807) is 17.4 Å². The van der Waals surface area contributed by atoms with Gasteiger partial charge in [-0.1, -0.05) is 48.9 Å². The first-order valence-corrected chi connectivity index (χ1v) is 12.2. The van der Waals surface area contributed by atoms with Crippen LogP contribution in [0.25, 0.3) is 10.2 Å². The molecule has 1 amide bonds. The smallest absolute Gasteiger partial charge is 0.266 e. The summed E-state index contributed by atoms with van der Waals surface area (Å²) in [6, 6.07) is 11.7. The molecule has 0 fully saturated rings. The second kappa shape index (κ2) is 10.4. The molecule has 0 saturated carbocycles. The quantitative estimate of drug-likeness (QED) is 0.290. The molecule has 0 radical (unpaired) electrons. The first-order valence-electron chi connectivity index (χ1n) is 11.0. The van der Waals surface area contributed by atoms with Gasteiger partial charge in [-0.15, -0.1) is 0 Å². The molecule has 0 N–H and O–H groups in total. The fraction of sp³-hybridized carbons (Fsp3) is 0.320. The number of hydrogen-bond donors (Lipinski definition) is 0. The van der Waals surface area contributed by atoms with E-state index in [2.05, 4.69) is 18.8 Å². The topological polar surface area (TPSA) is 60.2 Å². The first kappa shape index (κ1) is 23.3. The Bertz CT molecular complexity index is 1220. The van der Waals surface area contributed by atoms with E-state index in [1.807, 2.05) is 54.1 Å². The highest BCUT2D eigenvalue weighted by Crippen LogP contribution is 2.33. The summed E-state index contributed by atoms with van der Waals surface area (Å²) in [5, 5.41) is 1.33. The molecule has 0 unspecified atom stereocenters. The SMILES string of the molecule is Cc1cc(Cl)cc2sc(N(CCCn3ccnc3)C(=O)COc3ccc(C(C)C)cc3)nc12. The van der Waals surface area contributed by atoms with Crippen LogP contribution in [0, 0.1) is 6.92 Å². The number of thiazole rings is 1. The van der Waals surface area contributed by atoms with E-state index in [0.717, 1.165) is 28.7 Å². The number of ether oxygens (including phenoxy) is 1. The minimum atomic E-state index is -0.128. The van der Waals surface area contributed by atoms with Crippen LogP contribution in [0.5, 0.6) is 5.75 Å². The van der Waals surface area contributed by atoms with E-state index >= 15 is 0 Å². The average molecular weight is 483 g/mol. The number of amides is 1. The van der Waals surface area contributed by atoms with E-state index < -0.39 is 0 Å². The van der Waals surface area contributed by atoms with Gasteiger partial charge >= 0.3 is 0 Å². The summed E-state index contributed by atoms with van der Waals surface area (Å²) in [5.41, 5.74) is 3.10. The second-order valence-corrected chi connectivity index (χ2v) is 9.72. The Balaban J connectivity index is 1.51.